The Balaban J connectivity index is 1.63. The smallest absolute Gasteiger partial charge is 0.417 e. The third kappa shape index (κ3) is 6.08. The van der Waals surface area contributed by atoms with Crippen molar-refractivity contribution in [3.8, 4) is 17.2 Å². The molecular formula is C27H28F4N2O6S. The second-order valence-corrected chi connectivity index (χ2v) is 11.7. The van der Waals surface area contributed by atoms with Crippen molar-refractivity contribution in [3.05, 3.63) is 59.1 Å². The van der Waals surface area contributed by atoms with Gasteiger partial charge in [-0.1, -0.05) is 19.9 Å². The first-order valence-corrected chi connectivity index (χ1v) is 14.0. The van der Waals surface area contributed by atoms with Gasteiger partial charge in [0.1, 0.15) is 17.8 Å². The Morgan fingerprint density at radius 3 is 2.40 bits per heavy atom. The van der Waals surface area contributed by atoms with E-state index in [1.54, 1.807) is 6.07 Å². The van der Waals surface area contributed by atoms with Crippen LogP contribution in [0.15, 0.2) is 46.0 Å². The van der Waals surface area contributed by atoms with E-state index in [0.717, 1.165) is 44.9 Å². The van der Waals surface area contributed by atoms with E-state index in [-0.39, 0.29) is 11.7 Å². The molecule has 0 bridgehead atoms. The predicted molar refractivity (Wildman–Crippen MR) is 137 cm³/mol. The number of benzene rings is 2. The number of hydrogen-bond donors (Lipinski definition) is 2. The van der Waals surface area contributed by atoms with E-state index in [2.05, 4.69) is 18.8 Å². The highest BCUT2D eigenvalue weighted by Gasteiger charge is 2.37. The van der Waals surface area contributed by atoms with Gasteiger partial charge >= 0.3 is 12.1 Å². The first-order chi connectivity index (χ1) is 18.7. The van der Waals surface area contributed by atoms with Gasteiger partial charge in [-0.2, -0.15) is 26.6 Å². The summed E-state index contributed by atoms with van der Waals surface area (Å²) in [5.41, 5.74) is -2.06. The Labute approximate surface area is 228 Å². The number of nitrogens with one attached hydrogen (secondary N) is 1. The second-order valence-electron chi connectivity index (χ2n) is 10.1. The molecule has 2 N–H and O–H groups in total. The molecule has 0 spiro atoms. The first-order valence-electron chi connectivity index (χ1n) is 12.5. The van der Waals surface area contributed by atoms with Crippen molar-refractivity contribution >= 4 is 21.7 Å². The summed E-state index contributed by atoms with van der Waals surface area (Å²) in [7, 11) is -3.48. The molecule has 1 saturated carbocycles. The number of ether oxygens (including phenoxy) is 1. The van der Waals surface area contributed by atoms with Gasteiger partial charge in [-0.25, -0.2) is 9.18 Å². The number of anilines is 1. The third-order valence-electron chi connectivity index (χ3n) is 7.29. The predicted octanol–water partition coefficient (Wildman–Crippen LogP) is 6.94. The lowest BCUT2D eigenvalue weighted by atomic mass is 9.74. The fourth-order valence-electron chi connectivity index (χ4n) is 5.03. The molecule has 0 atom stereocenters. The molecule has 3 aromatic rings. The SMILES string of the molecule is COc1cc(C(=O)O)c(F)cc1NS(=O)(=O)c1coc(-c2ccc([C@H]3CC[C@@H](C(C)C)CC3)cc2C(F)(F)F)n1. The average Bonchev–Trinajstić information content (AvgIpc) is 3.39. The van der Waals surface area contributed by atoms with Crippen molar-refractivity contribution < 1.29 is 45.0 Å². The van der Waals surface area contributed by atoms with E-state index in [1.165, 1.54) is 6.07 Å². The highest BCUT2D eigenvalue weighted by molar-refractivity contribution is 7.92. The van der Waals surface area contributed by atoms with Crippen LogP contribution in [-0.4, -0.2) is 31.6 Å². The van der Waals surface area contributed by atoms with Crippen molar-refractivity contribution in [2.75, 3.05) is 11.8 Å². The van der Waals surface area contributed by atoms with Crippen LogP contribution in [0.3, 0.4) is 0 Å². The number of sulfonamides is 1. The number of halogens is 4. The molecule has 4 rings (SSSR count). The zero-order chi connectivity index (χ0) is 29.4. The minimum atomic E-state index is -4.76. The lowest BCUT2D eigenvalue weighted by Crippen LogP contribution is -2.18. The molecule has 0 aliphatic heterocycles. The number of nitrogens with zero attached hydrogens (tertiary/aromatic N) is 1. The summed E-state index contributed by atoms with van der Waals surface area (Å²) in [6, 6.07) is 5.28. The highest BCUT2D eigenvalue weighted by Crippen LogP contribution is 2.43. The minimum Gasteiger partial charge on any atom is -0.495 e. The Morgan fingerprint density at radius 2 is 1.82 bits per heavy atom. The fraction of sp³-hybridized carbons (Fsp3) is 0.407. The number of carbonyl (C=O) groups is 1. The molecule has 8 nitrogen and oxygen atoms in total. The number of carboxylic acids is 1. The molecule has 0 radical (unpaired) electrons. The average molecular weight is 585 g/mol. The number of hydrogen-bond acceptors (Lipinski definition) is 6. The van der Waals surface area contributed by atoms with E-state index in [4.69, 9.17) is 14.3 Å². The summed E-state index contributed by atoms with van der Waals surface area (Å²) in [5.74, 6) is -2.65. The molecule has 1 heterocycles. The van der Waals surface area contributed by atoms with E-state index < -0.39 is 61.3 Å². The van der Waals surface area contributed by atoms with Gasteiger partial charge in [-0.05, 0) is 67.2 Å². The van der Waals surface area contributed by atoms with Gasteiger partial charge in [-0.15, -0.1) is 0 Å². The van der Waals surface area contributed by atoms with E-state index in [0.29, 0.717) is 29.7 Å². The topological polar surface area (TPSA) is 119 Å². The van der Waals surface area contributed by atoms with Crippen LogP contribution in [0.5, 0.6) is 5.75 Å². The van der Waals surface area contributed by atoms with Gasteiger partial charge in [0.25, 0.3) is 10.0 Å². The number of alkyl halides is 3. The van der Waals surface area contributed by atoms with Crippen LogP contribution in [0.4, 0.5) is 23.2 Å². The zero-order valence-corrected chi connectivity index (χ0v) is 22.7. The maximum atomic E-state index is 14.2. The lowest BCUT2D eigenvalue weighted by Gasteiger charge is -2.31. The maximum Gasteiger partial charge on any atom is 0.417 e. The molecule has 40 heavy (non-hydrogen) atoms. The molecule has 2 aromatic carbocycles. The van der Waals surface area contributed by atoms with Crippen molar-refractivity contribution in [2.45, 2.75) is 56.7 Å². The standard InChI is InChI=1S/C27H28F4N2O6S/c1-14(2)15-4-6-16(7-5-15)17-8-9-18(20(10-17)27(29,30)31)25-32-24(13-39-25)40(36,37)33-22-12-21(28)19(26(34)35)11-23(22)38-3/h8-16,33H,4-7H2,1-3H3,(H,34,35)/t15-,16+. The first kappa shape index (κ1) is 29.4. The van der Waals surface area contributed by atoms with E-state index >= 15 is 0 Å². The number of aromatic nitrogens is 1. The normalized spacial score (nSPS) is 18.1. The third-order valence-corrected chi connectivity index (χ3v) is 8.51. The lowest BCUT2D eigenvalue weighted by molar-refractivity contribution is -0.137. The van der Waals surface area contributed by atoms with Gasteiger partial charge in [0.2, 0.25) is 10.9 Å². The van der Waals surface area contributed by atoms with Gasteiger partial charge in [0.15, 0.2) is 0 Å². The summed E-state index contributed by atoms with van der Waals surface area (Å²) in [4.78, 5) is 14.9. The summed E-state index contributed by atoms with van der Waals surface area (Å²) in [6.45, 7) is 4.29. The molecule has 1 aliphatic carbocycles. The Hall–Kier alpha value is -3.61. The largest absolute Gasteiger partial charge is 0.495 e. The quantitative estimate of drug-likeness (QED) is 0.276. The maximum absolute atomic E-state index is 14.2. The van der Waals surface area contributed by atoms with Crippen LogP contribution in [0, 0.1) is 17.7 Å². The summed E-state index contributed by atoms with van der Waals surface area (Å²) in [5, 5.41) is 8.30. The number of carboxylic acid groups (broad SMARTS) is 1. The Morgan fingerprint density at radius 1 is 1.15 bits per heavy atom. The van der Waals surface area contributed by atoms with Crippen LogP contribution in [0.25, 0.3) is 11.5 Å². The number of aromatic carboxylic acids is 1. The van der Waals surface area contributed by atoms with Crippen LogP contribution >= 0.6 is 0 Å². The van der Waals surface area contributed by atoms with Crippen LogP contribution < -0.4 is 9.46 Å². The molecule has 0 unspecified atom stereocenters. The van der Waals surface area contributed by atoms with Gasteiger partial charge in [-0.3, -0.25) is 4.72 Å². The highest BCUT2D eigenvalue weighted by atomic mass is 32.2. The van der Waals surface area contributed by atoms with Gasteiger partial charge in [0.05, 0.1) is 23.9 Å². The van der Waals surface area contributed by atoms with Crippen molar-refractivity contribution in [1.82, 2.24) is 4.98 Å². The Bertz CT molecular complexity index is 1510. The van der Waals surface area contributed by atoms with Crippen molar-refractivity contribution in [3.63, 3.8) is 0 Å². The fourth-order valence-corrected chi connectivity index (χ4v) is 5.96. The van der Waals surface area contributed by atoms with Crippen LogP contribution in [-0.2, 0) is 16.2 Å². The van der Waals surface area contributed by atoms with E-state index in [9.17, 15) is 30.8 Å². The Kier molecular flexibility index (Phi) is 8.16. The van der Waals surface area contributed by atoms with Crippen molar-refractivity contribution in [2.24, 2.45) is 11.8 Å². The molecular weight excluding hydrogens is 556 g/mol. The molecule has 1 aliphatic rings. The van der Waals surface area contributed by atoms with E-state index in [1.807, 2.05) is 4.72 Å². The summed E-state index contributed by atoms with van der Waals surface area (Å²) < 4.78 is 94.4. The molecule has 13 heteroatoms. The number of rotatable bonds is 8. The second kappa shape index (κ2) is 11.1. The number of oxazole rings is 1. The zero-order valence-electron chi connectivity index (χ0n) is 21.9. The minimum absolute atomic E-state index is 0.0160. The summed E-state index contributed by atoms with van der Waals surface area (Å²) >= 11 is 0. The molecule has 0 amide bonds. The van der Waals surface area contributed by atoms with Crippen LogP contribution in [0.2, 0.25) is 0 Å². The molecule has 0 saturated heterocycles. The summed E-state index contributed by atoms with van der Waals surface area (Å²) in [6.07, 6.45) is -0.662. The van der Waals surface area contributed by atoms with Gasteiger partial charge < -0.3 is 14.3 Å². The molecule has 1 fully saturated rings. The van der Waals surface area contributed by atoms with Gasteiger partial charge in [0, 0.05) is 11.6 Å². The molecule has 216 valence electrons. The van der Waals surface area contributed by atoms with Crippen LogP contribution in [0.1, 0.15) is 66.9 Å². The molecule has 1 aromatic heterocycles. The monoisotopic (exact) mass is 584 g/mol. The van der Waals surface area contributed by atoms with Crippen molar-refractivity contribution in [1.29, 1.82) is 0 Å². The number of methoxy groups -OCH3 is 1.